The number of carbonyl (C=O) groups is 1. The zero-order valence-corrected chi connectivity index (χ0v) is 15.7. The zero-order valence-electron chi connectivity index (χ0n) is 14.9. The van der Waals surface area contributed by atoms with Crippen LogP contribution >= 0.6 is 11.8 Å². The summed E-state index contributed by atoms with van der Waals surface area (Å²) in [5.41, 5.74) is 0.926. The van der Waals surface area contributed by atoms with E-state index in [4.69, 9.17) is 9.41 Å². The van der Waals surface area contributed by atoms with Crippen molar-refractivity contribution in [2.75, 3.05) is 18.8 Å². The summed E-state index contributed by atoms with van der Waals surface area (Å²) < 4.78 is 5.24. The fourth-order valence-corrected chi connectivity index (χ4v) is 3.75. The van der Waals surface area contributed by atoms with E-state index in [2.05, 4.69) is 10.2 Å². The van der Waals surface area contributed by atoms with Crippen LogP contribution < -0.4 is 5.32 Å². The van der Waals surface area contributed by atoms with E-state index in [0.717, 1.165) is 29.7 Å². The molecule has 6 heteroatoms. The van der Waals surface area contributed by atoms with E-state index in [1.165, 1.54) is 37.4 Å². The molecule has 2 aromatic rings. The number of aliphatic imine (C=N–C) groups is 1. The van der Waals surface area contributed by atoms with Crippen LogP contribution in [0.5, 0.6) is 0 Å². The van der Waals surface area contributed by atoms with Crippen molar-refractivity contribution in [1.29, 1.82) is 0 Å². The number of para-hydroxylation sites is 1. The Balaban J connectivity index is 1.61. The first-order valence-electron chi connectivity index (χ1n) is 9.12. The number of hydrogen-bond acceptors (Lipinski definition) is 4. The van der Waals surface area contributed by atoms with Gasteiger partial charge in [0.2, 0.25) is 5.91 Å². The molecule has 2 heterocycles. The number of nitrogens with zero attached hydrogens (tertiary/aromatic N) is 2. The molecular formula is C20H25N3O2S. The van der Waals surface area contributed by atoms with Gasteiger partial charge in [-0.3, -0.25) is 4.79 Å². The molecule has 1 saturated heterocycles. The van der Waals surface area contributed by atoms with Crippen molar-refractivity contribution in [3.8, 4) is 0 Å². The third-order valence-corrected chi connectivity index (χ3v) is 5.24. The Kier molecular flexibility index (Phi) is 7.19. The smallest absolute Gasteiger partial charge is 0.230 e. The van der Waals surface area contributed by atoms with Crippen LogP contribution in [0.2, 0.25) is 0 Å². The predicted molar refractivity (Wildman–Crippen MR) is 107 cm³/mol. The first-order chi connectivity index (χ1) is 12.8. The molecule has 5 nitrogen and oxygen atoms in total. The number of benzene rings is 1. The SMILES string of the molecule is O=C(CSC(=Nc1ccccc1)N1CCCCCC1)NCc1ccco1. The summed E-state index contributed by atoms with van der Waals surface area (Å²) in [6.45, 7) is 2.43. The second-order valence-electron chi connectivity index (χ2n) is 6.28. The normalized spacial score (nSPS) is 15.5. The molecule has 0 aliphatic carbocycles. The number of amidine groups is 1. The maximum Gasteiger partial charge on any atom is 0.230 e. The molecular weight excluding hydrogens is 346 g/mol. The first kappa shape index (κ1) is 18.6. The highest BCUT2D eigenvalue weighted by atomic mass is 32.2. The highest BCUT2D eigenvalue weighted by molar-refractivity contribution is 8.14. The van der Waals surface area contributed by atoms with Crippen molar-refractivity contribution >= 4 is 28.5 Å². The molecule has 1 aliphatic heterocycles. The van der Waals surface area contributed by atoms with Gasteiger partial charge in [-0.1, -0.05) is 42.8 Å². The number of furan rings is 1. The quantitative estimate of drug-likeness (QED) is 0.632. The number of hydrogen-bond donors (Lipinski definition) is 1. The first-order valence-corrected chi connectivity index (χ1v) is 10.1. The zero-order chi connectivity index (χ0) is 18.0. The van der Waals surface area contributed by atoms with Crippen LogP contribution in [-0.2, 0) is 11.3 Å². The number of rotatable bonds is 5. The summed E-state index contributed by atoms with van der Waals surface area (Å²) in [6, 6.07) is 13.6. The Bertz CT molecular complexity index is 693. The van der Waals surface area contributed by atoms with Gasteiger partial charge in [0.25, 0.3) is 0 Å². The van der Waals surface area contributed by atoms with Gasteiger partial charge in [-0.15, -0.1) is 0 Å². The van der Waals surface area contributed by atoms with E-state index in [9.17, 15) is 4.79 Å². The lowest BCUT2D eigenvalue weighted by Crippen LogP contribution is -2.32. The molecule has 1 aromatic carbocycles. The van der Waals surface area contributed by atoms with Gasteiger partial charge < -0.3 is 14.6 Å². The van der Waals surface area contributed by atoms with Crippen molar-refractivity contribution in [2.45, 2.75) is 32.2 Å². The molecule has 138 valence electrons. The molecule has 3 rings (SSSR count). The van der Waals surface area contributed by atoms with Crippen molar-refractivity contribution in [1.82, 2.24) is 10.2 Å². The Morgan fingerprint density at radius 2 is 1.85 bits per heavy atom. The minimum atomic E-state index is -0.0121. The van der Waals surface area contributed by atoms with Gasteiger partial charge in [0.1, 0.15) is 5.76 Å². The van der Waals surface area contributed by atoms with Gasteiger partial charge in [0.05, 0.1) is 24.2 Å². The average Bonchev–Trinajstić information content (AvgIpc) is 3.05. The predicted octanol–water partition coefficient (Wildman–Crippen LogP) is 4.19. The fraction of sp³-hybridized carbons (Fsp3) is 0.400. The van der Waals surface area contributed by atoms with Crippen LogP contribution in [0.3, 0.4) is 0 Å². The van der Waals surface area contributed by atoms with Gasteiger partial charge in [-0.2, -0.15) is 0 Å². The Hall–Kier alpha value is -2.21. The highest BCUT2D eigenvalue weighted by Crippen LogP contribution is 2.20. The Labute approximate surface area is 158 Å². The average molecular weight is 372 g/mol. The van der Waals surface area contributed by atoms with Crippen LogP contribution in [0.4, 0.5) is 5.69 Å². The molecule has 1 amide bonds. The monoisotopic (exact) mass is 371 g/mol. The lowest BCUT2D eigenvalue weighted by atomic mass is 10.2. The van der Waals surface area contributed by atoms with E-state index < -0.39 is 0 Å². The number of thioether (sulfide) groups is 1. The summed E-state index contributed by atoms with van der Waals surface area (Å²) in [7, 11) is 0. The highest BCUT2D eigenvalue weighted by Gasteiger charge is 2.16. The van der Waals surface area contributed by atoms with Crippen molar-refractivity contribution < 1.29 is 9.21 Å². The van der Waals surface area contributed by atoms with Gasteiger partial charge >= 0.3 is 0 Å². The molecule has 1 fully saturated rings. The maximum atomic E-state index is 12.2. The van der Waals surface area contributed by atoms with Crippen LogP contribution in [-0.4, -0.2) is 34.8 Å². The van der Waals surface area contributed by atoms with Crippen molar-refractivity contribution in [3.63, 3.8) is 0 Å². The third-order valence-electron chi connectivity index (χ3n) is 4.23. The number of carbonyl (C=O) groups excluding carboxylic acids is 1. The standard InChI is InChI=1S/C20H25N3O2S/c24-19(21-15-18-11-8-14-25-18)16-26-20(22-17-9-4-3-5-10-17)23-12-6-1-2-7-13-23/h3-5,8-11,14H,1-2,6-7,12-13,15-16H2,(H,21,24). The topological polar surface area (TPSA) is 57.8 Å². The molecule has 0 spiro atoms. The summed E-state index contributed by atoms with van der Waals surface area (Å²) in [5.74, 6) is 1.10. The van der Waals surface area contributed by atoms with Gasteiger partial charge in [-0.05, 0) is 37.1 Å². The summed E-state index contributed by atoms with van der Waals surface area (Å²) in [4.78, 5) is 19.3. The summed E-state index contributed by atoms with van der Waals surface area (Å²) in [5, 5.41) is 3.83. The number of amides is 1. The lowest BCUT2D eigenvalue weighted by Gasteiger charge is -2.23. The second kappa shape index (κ2) is 10.1. The van der Waals surface area contributed by atoms with Gasteiger partial charge in [-0.25, -0.2) is 4.99 Å². The van der Waals surface area contributed by atoms with Crippen LogP contribution in [0.15, 0.2) is 58.1 Å². The summed E-state index contributed by atoms with van der Waals surface area (Å²) in [6.07, 6.45) is 6.51. The van der Waals surface area contributed by atoms with Gasteiger partial charge in [0.15, 0.2) is 5.17 Å². The van der Waals surface area contributed by atoms with Crippen molar-refractivity contribution in [2.24, 2.45) is 4.99 Å². The van der Waals surface area contributed by atoms with E-state index in [-0.39, 0.29) is 5.91 Å². The van der Waals surface area contributed by atoms with E-state index in [1.807, 2.05) is 42.5 Å². The minimum absolute atomic E-state index is 0.0121. The van der Waals surface area contributed by atoms with Gasteiger partial charge in [0, 0.05) is 13.1 Å². The Morgan fingerprint density at radius 1 is 1.08 bits per heavy atom. The second-order valence-corrected chi connectivity index (χ2v) is 7.22. The molecule has 0 radical (unpaired) electrons. The Morgan fingerprint density at radius 3 is 2.54 bits per heavy atom. The molecule has 0 unspecified atom stereocenters. The third kappa shape index (κ3) is 5.95. The van der Waals surface area contributed by atoms with Crippen LogP contribution in [0.1, 0.15) is 31.4 Å². The maximum absolute atomic E-state index is 12.2. The van der Waals surface area contributed by atoms with E-state index in [0.29, 0.717) is 12.3 Å². The van der Waals surface area contributed by atoms with Crippen LogP contribution in [0.25, 0.3) is 0 Å². The molecule has 1 aromatic heterocycles. The summed E-state index contributed by atoms with van der Waals surface area (Å²) >= 11 is 1.51. The van der Waals surface area contributed by atoms with Crippen molar-refractivity contribution in [3.05, 3.63) is 54.5 Å². The molecule has 1 aliphatic rings. The van der Waals surface area contributed by atoms with Crippen LogP contribution in [0, 0.1) is 0 Å². The number of nitrogens with one attached hydrogen (secondary N) is 1. The number of likely N-dealkylation sites (tertiary alicyclic amines) is 1. The molecule has 0 bridgehead atoms. The molecule has 0 atom stereocenters. The fourth-order valence-electron chi connectivity index (χ4n) is 2.85. The van der Waals surface area contributed by atoms with E-state index >= 15 is 0 Å². The molecule has 0 saturated carbocycles. The largest absolute Gasteiger partial charge is 0.467 e. The van der Waals surface area contributed by atoms with E-state index in [1.54, 1.807) is 6.26 Å². The molecule has 26 heavy (non-hydrogen) atoms. The lowest BCUT2D eigenvalue weighted by molar-refractivity contribution is -0.118. The molecule has 1 N–H and O–H groups in total. The minimum Gasteiger partial charge on any atom is -0.467 e.